The molecule has 0 aliphatic carbocycles. The van der Waals surface area contributed by atoms with Crippen molar-refractivity contribution in [3.05, 3.63) is 117 Å². The summed E-state index contributed by atoms with van der Waals surface area (Å²) < 4.78 is 5.89. The first-order chi connectivity index (χ1) is 16.9. The van der Waals surface area contributed by atoms with Gasteiger partial charge in [-0.25, -0.2) is 4.79 Å². The van der Waals surface area contributed by atoms with Gasteiger partial charge >= 0.3 is 5.97 Å². The van der Waals surface area contributed by atoms with E-state index in [-0.39, 0.29) is 23.7 Å². The van der Waals surface area contributed by atoms with E-state index < -0.39 is 10.9 Å². The molecule has 0 bridgehead atoms. The molecule has 5 rings (SSSR count). The Hall–Kier alpha value is -4.98. The van der Waals surface area contributed by atoms with Gasteiger partial charge in [-0.15, -0.1) is 0 Å². The van der Waals surface area contributed by atoms with E-state index in [2.05, 4.69) is 0 Å². The molecule has 35 heavy (non-hydrogen) atoms. The molecule has 0 fully saturated rings. The van der Waals surface area contributed by atoms with E-state index >= 15 is 0 Å². The summed E-state index contributed by atoms with van der Waals surface area (Å²) in [7, 11) is 0. The van der Waals surface area contributed by atoms with Gasteiger partial charge in [-0.1, -0.05) is 42.5 Å². The number of nitrogens with zero attached hydrogens (tertiary/aromatic N) is 2. The van der Waals surface area contributed by atoms with Crippen molar-refractivity contribution in [2.24, 2.45) is 0 Å². The van der Waals surface area contributed by atoms with E-state index in [1.165, 1.54) is 18.2 Å². The maximum Gasteiger partial charge on any atom is 0.335 e. The van der Waals surface area contributed by atoms with Crippen LogP contribution < -0.4 is 4.90 Å². The monoisotopic (exact) mass is 466 g/mol. The van der Waals surface area contributed by atoms with Crippen LogP contribution in [0.4, 0.5) is 11.4 Å². The van der Waals surface area contributed by atoms with E-state index in [9.17, 15) is 24.8 Å². The van der Waals surface area contributed by atoms with E-state index in [4.69, 9.17) is 4.42 Å². The molecule has 4 aromatic rings. The second-order valence-electron chi connectivity index (χ2n) is 7.98. The molecule has 1 N–H and O–H groups in total. The molecule has 8 heteroatoms. The number of hydrogen-bond acceptors (Lipinski definition) is 5. The van der Waals surface area contributed by atoms with Crippen molar-refractivity contribution in [2.45, 2.75) is 6.54 Å². The minimum Gasteiger partial charge on any atom is -0.478 e. The molecule has 0 saturated heterocycles. The number of nitro benzene ring substituents is 1. The highest BCUT2D eigenvalue weighted by Gasteiger charge is 2.32. The van der Waals surface area contributed by atoms with Gasteiger partial charge in [0.15, 0.2) is 0 Å². The third-order valence-electron chi connectivity index (χ3n) is 5.73. The van der Waals surface area contributed by atoms with Crippen molar-refractivity contribution in [3.63, 3.8) is 0 Å². The molecule has 8 nitrogen and oxygen atoms in total. The molecule has 0 saturated carbocycles. The largest absolute Gasteiger partial charge is 0.478 e. The maximum absolute atomic E-state index is 13.4. The summed E-state index contributed by atoms with van der Waals surface area (Å²) in [5, 5.41) is 20.4. The number of benzene rings is 3. The molecule has 2 heterocycles. The SMILES string of the molecule is O=C(O)c1cccc(CN2C(=O)/C(=C/c3ccc(-c4cccc([N+](=O)[O-])c4)o3)c3ccccc32)c1. The Kier molecular flexibility index (Phi) is 5.46. The number of para-hydroxylation sites is 1. The highest BCUT2D eigenvalue weighted by molar-refractivity contribution is 6.35. The first kappa shape index (κ1) is 21.8. The predicted molar refractivity (Wildman–Crippen MR) is 130 cm³/mol. The van der Waals surface area contributed by atoms with Crippen molar-refractivity contribution in [1.29, 1.82) is 0 Å². The molecule has 3 aromatic carbocycles. The van der Waals surface area contributed by atoms with Crippen LogP contribution in [0.3, 0.4) is 0 Å². The number of carbonyl (C=O) groups is 2. The number of carboxylic acids is 1. The lowest BCUT2D eigenvalue weighted by Gasteiger charge is -2.17. The highest BCUT2D eigenvalue weighted by atomic mass is 16.6. The molecule has 1 aromatic heterocycles. The van der Waals surface area contributed by atoms with Crippen LogP contribution in [0, 0.1) is 10.1 Å². The third-order valence-corrected chi connectivity index (χ3v) is 5.73. The zero-order valence-corrected chi connectivity index (χ0v) is 18.3. The minimum absolute atomic E-state index is 0.0405. The molecule has 0 radical (unpaired) electrons. The number of nitro groups is 1. The van der Waals surface area contributed by atoms with E-state index in [1.807, 2.05) is 24.3 Å². The zero-order valence-electron chi connectivity index (χ0n) is 18.3. The normalized spacial score (nSPS) is 13.8. The van der Waals surface area contributed by atoms with E-state index in [1.54, 1.807) is 53.4 Å². The summed E-state index contributed by atoms with van der Waals surface area (Å²) >= 11 is 0. The van der Waals surface area contributed by atoms with Crippen molar-refractivity contribution in [3.8, 4) is 11.3 Å². The standard InChI is InChI=1S/C27H18N2O6/c30-26-23(15-21-11-12-25(35-21)18-6-4-8-20(14-18)29(33)34)22-9-1-2-10-24(22)28(26)16-17-5-3-7-19(13-17)27(31)32/h1-15H,16H2,(H,31,32)/b23-15+. The number of carboxylic acid groups (broad SMARTS) is 1. The van der Waals surface area contributed by atoms with Gasteiger partial charge in [0.2, 0.25) is 0 Å². The quantitative estimate of drug-likeness (QED) is 0.223. The summed E-state index contributed by atoms with van der Waals surface area (Å²) in [5.41, 5.74) is 3.26. The minimum atomic E-state index is -1.03. The lowest BCUT2D eigenvalue weighted by molar-refractivity contribution is -0.384. The Morgan fingerprint density at radius 1 is 1.00 bits per heavy atom. The van der Waals surface area contributed by atoms with Crippen LogP contribution in [-0.2, 0) is 11.3 Å². The molecule has 1 aliphatic rings. The van der Waals surface area contributed by atoms with E-state index in [0.29, 0.717) is 28.2 Å². The topological polar surface area (TPSA) is 114 Å². The molecular weight excluding hydrogens is 448 g/mol. The predicted octanol–water partition coefficient (Wildman–Crippen LogP) is 5.64. The van der Waals surface area contributed by atoms with Crippen molar-refractivity contribution < 1.29 is 24.0 Å². The van der Waals surface area contributed by atoms with Gasteiger partial charge < -0.3 is 14.4 Å². The molecule has 1 amide bonds. The Morgan fingerprint density at radius 2 is 1.80 bits per heavy atom. The number of amides is 1. The van der Waals surface area contributed by atoms with Crippen molar-refractivity contribution in [1.82, 2.24) is 0 Å². The van der Waals surface area contributed by atoms with Crippen LogP contribution in [0.2, 0.25) is 0 Å². The van der Waals surface area contributed by atoms with E-state index in [0.717, 1.165) is 11.3 Å². The van der Waals surface area contributed by atoms with Crippen molar-refractivity contribution >= 4 is 34.9 Å². The highest BCUT2D eigenvalue weighted by Crippen LogP contribution is 2.39. The molecular formula is C27H18N2O6. The second kappa shape index (κ2) is 8.75. The number of carbonyl (C=O) groups excluding carboxylic acids is 1. The number of anilines is 1. The number of non-ortho nitro benzene ring substituents is 1. The lowest BCUT2D eigenvalue weighted by atomic mass is 10.1. The average Bonchev–Trinajstić information content (AvgIpc) is 3.44. The van der Waals surface area contributed by atoms with Crippen LogP contribution in [-0.4, -0.2) is 21.9 Å². The summed E-state index contributed by atoms with van der Waals surface area (Å²) in [5.74, 6) is -0.390. The van der Waals surface area contributed by atoms with Crippen LogP contribution in [0.1, 0.15) is 27.2 Å². The molecule has 0 spiro atoms. The summed E-state index contributed by atoms with van der Waals surface area (Å²) in [4.78, 5) is 37.0. The van der Waals surface area contributed by atoms with Crippen LogP contribution in [0.5, 0.6) is 0 Å². The maximum atomic E-state index is 13.4. The van der Waals surface area contributed by atoms with Gasteiger partial charge in [0.1, 0.15) is 11.5 Å². The zero-order chi connectivity index (χ0) is 24.5. The average molecular weight is 466 g/mol. The van der Waals surface area contributed by atoms with Crippen LogP contribution >= 0.6 is 0 Å². The number of fused-ring (bicyclic) bond motifs is 1. The fraction of sp³-hybridized carbons (Fsp3) is 0.0370. The number of furan rings is 1. The van der Waals surface area contributed by atoms with Crippen LogP contribution in [0.15, 0.2) is 89.3 Å². The Bertz CT molecular complexity index is 1520. The van der Waals surface area contributed by atoms with Crippen molar-refractivity contribution in [2.75, 3.05) is 4.90 Å². The molecule has 0 unspecified atom stereocenters. The number of aromatic carboxylic acids is 1. The second-order valence-corrected chi connectivity index (χ2v) is 7.98. The van der Waals surface area contributed by atoms with Gasteiger partial charge in [-0.2, -0.15) is 0 Å². The smallest absolute Gasteiger partial charge is 0.335 e. The first-order valence-corrected chi connectivity index (χ1v) is 10.7. The number of rotatable bonds is 6. The summed E-state index contributed by atoms with van der Waals surface area (Å²) in [6.07, 6.45) is 1.65. The fourth-order valence-corrected chi connectivity index (χ4v) is 4.09. The number of hydrogen-bond donors (Lipinski definition) is 1. The molecule has 172 valence electrons. The van der Waals surface area contributed by atoms with Crippen LogP contribution in [0.25, 0.3) is 23.0 Å². The Labute approximate surface area is 199 Å². The molecule has 0 atom stereocenters. The molecule has 1 aliphatic heterocycles. The summed E-state index contributed by atoms with van der Waals surface area (Å²) in [6.45, 7) is 0.214. The van der Waals surface area contributed by atoms with Gasteiger partial charge in [0.05, 0.1) is 28.3 Å². The Morgan fingerprint density at radius 3 is 2.60 bits per heavy atom. The third kappa shape index (κ3) is 4.20. The van der Waals surface area contributed by atoms with Gasteiger partial charge in [0, 0.05) is 23.3 Å². The first-order valence-electron chi connectivity index (χ1n) is 10.7. The van der Waals surface area contributed by atoms with Gasteiger partial charge in [0.25, 0.3) is 11.6 Å². The fourth-order valence-electron chi connectivity index (χ4n) is 4.09. The summed E-state index contributed by atoms with van der Waals surface area (Å²) in [6, 6.07) is 23.4. The van der Waals surface area contributed by atoms with Gasteiger partial charge in [-0.05, 0) is 42.0 Å². The Balaban J connectivity index is 1.47. The lowest BCUT2D eigenvalue weighted by Crippen LogP contribution is -2.25. The van der Waals surface area contributed by atoms with Gasteiger partial charge in [-0.3, -0.25) is 14.9 Å².